The standard InChI is InChI=1S/C13H16N4/c1-3-17-9(2)15-16-13(17)11-8-14-12-7-5-4-6-10(11)12/h4-7,11,14H,3,8H2,1-2H3. The van der Waals surface area contributed by atoms with Crippen molar-refractivity contribution < 1.29 is 0 Å². The number of fused-ring (bicyclic) bond motifs is 1. The number of aromatic nitrogens is 3. The first-order valence-electron chi connectivity index (χ1n) is 6.03. The lowest BCUT2D eigenvalue weighted by molar-refractivity contribution is 0.653. The van der Waals surface area contributed by atoms with Gasteiger partial charge < -0.3 is 9.88 Å². The molecule has 0 amide bonds. The summed E-state index contributed by atoms with van der Waals surface area (Å²) in [5.74, 6) is 2.39. The Labute approximate surface area is 101 Å². The molecule has 0 radical (unpaired) electrons. The monoisotopic (exact) mass is 228 g/mol. The Hall–Kier alpha value is -1.84. The third kappa shape index (κ3) is 1.52. The molecule has 2 aromatic rings. The van der Waals surface area contributed by atoms with Crippen LogP contribution in [0.1, 0.15) is 30.1 Å². The molecule has 0 saturated heterocycles. The maximum absolute atomic E-state index is 4.34. The Morgan fingerprint density at radius 1 is 1.35 bits per heavy atom. The van der Waals surface area contributed by atoms with Crippen LogP contribution in [-0.4, -0.2) is 21.3 Å². The van der Waals surface area contributed by atoms with Gasteiger partial charge in [-0.3, -0.25) is 0 Å². The summed E-state index contributed by atoms with van der Waals surface area (Å²) in [5, 5.41) is 12.0. The zero-order valence-electron chi connectivity index (χ0n) is 10.1. The third-order valence-corrected chi connectivity index (χ3v) is 3.43. The van der Waals surface area contributed by atoms with E-state index in [2.05, 4.69) is 51.3 Å². The van der Waals surface area contributed by atoms with E-state index < -0.39 is 0 Å². The van der Waals surface area contributed by atoms with Crippen molar-refractivity contribution in [3.8, 4) is 0 Å². The zero-order valence-corrected chi connectivity index (χ0v) is 10.1. The molecule has 17 heavy (non-hydrogen) atoms. The van der Waals surface area contributed by atoms with Gasteiger partial charge in [0.25, 0.3) is 0 Å². The first kappa shape index (κ1) is 10.3. The van der Waals surface area contributed by atoms with Gasteiger partial charge in [-0.1, -0.05) is 18.2 Å². The fraction of sp³-hybridized carbons (Fsp3) is 0.385. The lowest BCUT2D eigenvalue weighted by atomic mass is 10.0. The molecule has 1 aromatic heterocycles. The molecule has 1 N–H and O–H groups in total. The smallest absolute Gasteiger partial charge is 0.142 e. The van der Waals surface area contributed by atoms with Crippen LogP contribution in [0.15, 0.2) is 24.3 Å². The molecule has 1 unspecified atom stereocenters. The second-order valence-corrected chi connectivity index (χ2v) is 4.37. The van der Waals surface area contributed by atoms with Crippen LogP contribution < -0.4 is 5.32 Å². The summed E-state index contributed by atoms with van der Waals surface area (Å²) >= 11 is 0. The molecule has 3 rings (SSSR count). The summed E-state index contributed by atoms with van der Waals surface area (Å²) in [6.07, 6.45) is 0. The van der Waals surface area contributed by atoms with Gasteiger partial charge >= 0.3 is 0 Å². The van der Waals surface area contributed by atoms with E-state index >= 15 is 0 Å². The Kier molecular flexibility index (Phi) is 2.35. The van der Waals surface area contributed by atoms with E-state index in [0.29, 0.717) is 5.92 Å². The number of rotatable bonds is 2. The van der Waals surface area contributed by atoms with Crippen LogP contribution in [0.3, 0.4) is 0 Å². The van der Waals surface area contributed by atoms with Gasteiger partial charge in [-0.2, -0.15) is 0 Å². The molecule has 0 spiro atoms. The molecule has 4 nitrogen and oxygen atoms in total. The van der Waals surface area contributed by atoms with Gasteiger partial charge in [0.1, 0.15) is 11.6 Å². The lowest BCUT2D eigenvalue weighted by Crippen LogP contribution is -2.12. The van der Waals surface area contributed by atoms with Crippen LogP contribution in [0.4, 0.5) is 5.69 Å². The number of aryl methyl sites for hydroxylation is 1. The van der Waals surface area contributed by atoms with Gasteiger partial charge in [-0.25, -0.2) is 0 Å². The second-order valence-electron chi connectivity index (χ2n) is 4.37. The summed E-state index contributed by atoms with van der Waals surface area (Å²) < 4.78 is 2.19. The van der Waals surface area contributed by atoms with Gasteiger partial charge in [-0.05, 0) is 25.5 Å². The topological polar surface area (TPSA) is 42.7 Å². The van der Waals surface area contributed by atoms with E-state index in [4.69, 9.17) is 0 Å². The van der Waals surface area contributed by atoms with Crippen molar-refractivity contribution in [2.75, 3.05) is 11.9 Å². The molecular formula is C13H16N4. The number of para-hydroxylation sites is 1. The van der Waals surface area contributed by atoms with Crippen molar-refractivity contribution >= 4 is 5.69 Å². The van der Waals surface area contributed by atoms with Crippen LogP contribution >= 0.6 is 0 Å². The van der Waals surface area contributed by atoms with E-state index in [0.717, 1.165) is 24.7 Å². The highest BCUT2D eigenvalue weighted by molar-refractivity contribution is 5.59. The minimum atomic E-state index is 0.326. The molecule has 1 atom stereocenters. The SMILES string of the molecule is CCn1c(C)nnc1C1CNc2ccccc21. The van der Waals surface area contributed by atoms with Crippen LogP contribution in [0.25, 0.3) is 0 Å². The molecule has 88 valence electrons. The molecule has 0 bridgehead atoms. The Bertz CT molecular complexity index is 544. The van der Waals surface area contributed by atoms with E-state index in [9.17, 15) is 0 Å². The summed E-state index contributed by atoms with van der Waals surface area (Å²) in [4.78, 5) is 0. The van der Waals surface area contributed by atoms with Crippen LogP contribution in [-0.2, 0) is 6.54 Å². The average Bonchev–Trinajstić information content (AvgIpc) is 2.92. The Morgan fingerprint density at radius 3 is 3.00 bits per heavy atom. The highest BCUT2D eigenvalue weighted by Crippen LogP contribution is 2.35. The third-order valence-electron chi connectivity index (χ3n) is 3.43. The Morgan fingerprint density at radius 2 is 2.18 bits per heavy atom. The predicted molar refractivity (Wildman–Crippen MR) is 67.2 cm³/mol. The van der Waals surface area contributed by atoms with Gasteiger partial charge in [0.15, 0.2) is 0 Å². The number of hydrogen-bond donors (Lipinski definition) is 1. The van der Waals surface area contributed by atoms with Crippen molar-refractivity contribution in [2.45, 2.75) is 26.3 Å². The molecule has 0 aliphatic carbocycles. The van der Waals surface area contributed by atoms with Crippen molar-refractivity contribution in [1.29, 1.82) is 0 Å². The lowest BCUT2D eigenvalue weighted by Gasteiger charge is -2.11. The van der Waals surface area contributed by atoms with E-state index in [1.807, 2.05) is 6.92 Å². The molecule has 1 aliphatic heterocycles. The van der Waals surface area contributed by atoms with E-state index in [1.54, 1.807) is 0 Å². The number of nitrogens with one attached hydrogen (secondary N) is 1. The van der Waals surface area contributed by atoms with Crippen molar-refractivity contribution in [1.82, 2.24) is 14.8 Å². The number of hydrogen-bond acceptors (Lipinski definition) is 3. The molecule has 0 fully saturated rings. The maximum atomic E-state index is 4.34. The van der Waals surface area contributed by atoms with Gasteiger partial charge in [0.2, 0.25) is 0 Å². The molecule has 2 heterocycles. The summed E-state index contributed by atoms with van der Waals surface area (Å²) in [5.41, 5.74) is 2.55. The summed E-state index contributed by atoms with van der Waals surface area (Å²) in [7, 11) is 0. The normalized spacial score (nSPS) is 17.9. The van der Waals surface area contributed by atoms with Crippen LogP contribution in [0, 0.1) is 6.92 Å². The Balaban J connectivity index is 2.07. The van der Waals surface area contributed by atoms with Gasteiger partial charge in [0.05, 0.1) is 5.92 Å². The molecule has 4 heteroatoms. The summed E-state index contributed by atoms with van der Waals surface area (Å²) in [6.45, 7) is 5.98. The highest BCUT2D eigenvalue weighted by Gasteiger charge is 2.27. The van der Waals surface area contributed by atoms with E-state index in [1.165, 1.54) is 11.3 Å². The van der Waals surface area contributed by atoms with Gasteiger partial charge in [-0.15, -0.1) is 10.2 Å². The van der Waals surface area contributed by atoms with Crippen molar-refractivity contribution in [3.63, 3.8) is 0 Å². The molecule has 1 aliphatic rings. The summed E-state index contributed by atoms with van der Waals surface area (Å²) in [6, 6.07) is 8.43. The zero-order chi connectivity index (χ0) is 11.8. The number of anilines is 1. The maximum Gasteiger partial charge on any atom is 0.142 e. The van der Waals surface area contributed by atoms with E-state index in [-0.39, 0.29) is 0 Å². The quantitative estimate of drug-likeness (QED) is 0.856. The predicted octanol–water partition coefficient (Wildman–Crippen LogP) is 2.16. The molecular weight excluding hydrogens is 212 g/mol. The first-order chi connectivity index (χ1) is 8.31. The number of benzene rings is 1. The largest absolute Gasteiger partial charge is 0.384 e. The van der Waals surface area contributed by atoms with Crippen molar-refractivity contribution in [2.24, 2.45) is 0 Å². The molecule has 0 saturated carbocycles. The van der Waals surface area contributed by atoms with Crippen LogP contribution in [0.5, 0.6) is 0 Å². The highest BCUT2D eigenvalue weighted by atomic mass is 15.3. The fourth-order valence-corrected chi connectivity index (χ4v) is 2.56. The minimum absolute atomic E-state index is 0.326. The minimum Gasteiger partial charge on any atom is -0.384 e. The molecule has 1 aromatic carbocycles. The van der Waals surface area contributed by atoms with Crippen molar-refractivity contribution in [3.05, 3.63) is 41.5 Å². The second kappa shape index (κ2) is 3.87. The number of nitrogens with zero attached hydrogens (tertiary/aromatic N) is 3. The van der Waals surface area contributed by atoms with Gasteiger partial charge in [0, 0.05) is 18.8 Å². The van der Waals surface area contributed by atoms with Crippen LogP contribution in [0.2, 0.25) is 0 Å². The average molecular weight is 228 g/mol. The fourth-order valence-electron chi connectivity index (χ4n) is 2.56. The first-order valence-corrected chi connectivity index (χ1v) is 6.03.